The third-order valence-corrected chi connectivity index (χ3v) is 1.86. The Morgan fingerprint density at radius 3 is 2.62 bits per heavy atom. The molecule has 0 fully saturated rings. The zero-order valence-electron chi connectivity index (χ0n) is 7.98. The van der Waals surface area contributed by atoms with Crippen LogP contribution in [0.4, 0.5) is 0 Å². The van der Waals surface area contributed by atoms with Crippen molar-refractivity contribution >= 4 is 6.08 Å². The Morgan fingerprint density at radius 1 is 1.31 bits per heavy atom. The highest BCUT2D eigenvalue weighted by atomic mass is 16.3. The number of aliphatic hydroxyl groups excluding tert-OH is 1. The van der Waals surface area contributed by atoms with Crippen LogP contribution in [0.1, 0.15) is 25.3 Å². The molecule has 1 atom stereocenters. The minimum absolute atomic E-state index is 0.194. The van der Waals surface area contributed by atoms with Crippen molar-refractivity contribution in [1.29, 1.82) is 0 Å². The Hall–Kier alpha value is -1.08. The van der Waals surface area contributed by atoms with E-state index in [1.807, 2.05) is 25.1 Å². The zero-order valence-corrected chi connectivity index (χ0v) is 7.98. The number of rotatable bonds is 4. The van der Waals surface area contributed by atoms with Crippen molar-refractivity contribution in [3.8, 4) is 0 Å². The SMILES string of the molecule is C[C@@H](O)CC/C=C/c1ccccc1. The lowest BCUT2D eigenvalue weighted by Gasteiger charge is -1.98. The second-order valence-electron chi connectivity index (χ2n) is 3.24. The molecule has 0 spiro atoms. The molecule has 1 aromatic rings. The van der Waals surface area contributed by atoms with E-state index in [4.69, 9.17) is 5.11 Å². The van der Waals surface area contributed by atoms with E-state index >= 15 is 0 Å². The molecule has 1 rings (SSSR count). The molecule has 0 bridgehead atoms. The minimum atomic E-state index is -0.194. The first-order chi connectivity index (χ1) is 6.29. The van der Waals surface area contributed by atoms with E-state index in [1.54, 1.807) is 0 Å². The normalized spacial score (nSPS) is 13.4. The summed E-state index contributed by atoms with van der Waals surface area (Å²) in [6.45, 7) is 1.82. The fourth-order valence-electron chi connectivity index (χ4n) is 1.12. The highest BCUT2D eigenvalue weighted by Gasteiger charge is 1.90. The molecule has 13 heavy (non-hydrogen) atoms. The van der Waals surface area contributed by atoms with Gasteiger partial charge in [-0.1, -0.05) is 42.5 Å². The molecule has 1 aromatic carbocycles. The third kappa shape index (κ3) is 4.48. The monoisotopic (exact) mass is 176 g/mol. The average Bonchev–Trinajstić information content (AvgIpc) is 2.14. The highest BCUT2D eigenvalue weighted by Crippen LogP contribution is 2.03. The molecule has 0 amide bonds. The Bertz CT molecular complexity index is 249. The molecule has 70 valence electrons. The van der Waals surface area contributed by atoms with Gasteiger partial charge in [0.2, 0.25) is 0 Å². The van der Waals surface area contributed by atoms with Gasteiger partial charge < -0.3 is 5.11 Å². The summed E-state index contributed by atoms with van der Waals surface area (Å²) in [5.41, 5.74) is 1.22. The first-order valence-electron chi connectivity index (χ1n) is 4.68. The summed E-state index contributed by atoms with van der Waals surface area (Å²) in [5, 5.41) is 9.02. The van der Waals surface area contributed by atoms with E-state index in [0.29, 0.717) is 0 Å². The summed E-state index contributed by atoms with van der Waals surface area (Å²) < 4.78 is 0. The summed E-state index contributed by atoms with van der Waals surface area (Å²) in [6.07, 6.45) is 5.76. The lowest BCUT2D eigenvalue weighted by molar-refractivity contribution is 0.186. The molecule has 0 heterocycles. The van der Waals surface area contributed by atoms with Crippen LogP contribution in [0.3, 0.4) is 0 Å². The zero-order chi connectivity index (χ0) is 9.52. The lowest BCUT2D eigenvalue weighted by atomic mass is 10.1. The van der Waals surface area contributed by atoms with Crippen LogP contribution in [0.5, 0.6) is 0 Å². The van der Waals surface area contributed by atoms with Crippen LogP contribution in [-0.4, -0.2) is 11.2 Å². The van der Waals surface area contributed by atoms with Gasteiger partial charge in [-0.15, -0.1) is 0 Å². The maximum absolute atomic E-state index is 9.02. The van der Waals surface area contributed by atoms with Crippen LogP contribution in [0.15, 0.2) is 36.4 Å². The van der Waals surface area contributed by atoms with Gasteiger partial charge in [0.15, 0.2) is 0 Å². The molecular weight excluding hydrogens is 160 g/mol. The van der Waals surface area contributed by atoms with Crippen molar-refractivity contribution < 1.29 is 5.11 Å². The van der Waals surface area contributed by atoms with Crippen LogP contribution in [-0.2, 0) is 0 Å². The van der Waals surface area contributed by atoms with Gasteiger partial charge >= 0.3 is 0 Å². The van der Waals surface area contributed by atoms with Gasteiger partial charge in [-0.3, -0.25) is 0 Å². The summed E-state index contributed by atoms with van der Waals surface area (Å²) in [4.78, 5) is 0. The fourth-order valence-corrected chi connectivity index (χ4v) is 1.12. The van der Waals surface area contributed by atoms with E-state index in [-0.39, 0.29) is 6.10 Å². The van der Waals surface area contributed by atoms with E-state index in [9.17, 15) is 0 Å². The molecule has 1 nitrogen and oxygen atoms in total. The van der Waals surface area contributed by atoms with Crippen molar-refractivity contribution in [2.75, 3.05) is 0 Å². The van der Waals surface area contributed by atoms with Crippen molar-refractivity contribution in [2.24, 2.45) is 0 Å². The summed E-state index contributed by atoms with van der Waals surface area (Å²) >= 11 is 0. The first-order valence-corrected chi connectivity index (χ1v) is 4.68. The maximum Gasteiger partial charge on any atom is 0.0515 e. The highest BCUT2D eigenvalue weighted by molar-refractivity contribution is 5.48. The predicted octanol–water partition coefficient (Wildman–Crippen LogP) is 2.86. The van der Waals surface area contributed by atoms with Gasteiger partial charge in [-0.2, -0.15) is 0 Å². The van der Waals surface area contributed by atoms with Crippen molar-refractivity contribution in [2.45, 2.75) is 25.9 Å². The van der Waals surface area contributed by atoms with Crippen LogP contribution < -0.4 is 0 Å². The molecule has 0 unspecified atom stereocenters. The Kier molecular flexibility index (Phi) is 4.27. The average molecular weight is 176 g/mol. The first kappa shape index (κ1) is 10.0. The number of hydrogen-bond acceptors (Lipinski definition) is 1. The Morgan fingerprint density at radius 2 is 2.00 bits per heavy atom. The Balaban J connectivity index is 2.33. The van der Waals surface area contributed by atoms with E-state index < -0.39 is 0 Å². The van der Waals surface area contributed by atoms with Gasteiger partial charge in [0, 0.05) is 0 Å². The molecule has 0 aromatic heterocycles. The van der Waals surface area contributed by atoms with E-state index in [1.165, 1.54) is 5.56 Å². The minimum Gasteiger partial charge on any atom is -0.393 e. The number of benzene rings is 1. The number of allylic oxidation sites excluding steroid dienone is 1. The quantitative estimate of drug-likeness (QED) is 0.748. The molecule has 0 saturated heterocycles. The topological polar surface area (TPSA) is 20.2 Å². The summed E-state index contributed by atoms with van der Waals surface area (Å²) in [6, 6.07) is 10.2. The molecule has 0 aliphatic carbocycles. The van der Waals surface area contributed by atoms with Gasteiger partial charge in [0.1, 0.15) is 0 Å². The molecule has 1 N–H and O–H groups in total. The molecule has 0 radical (unpaired) electrons. The van der Waals surface area contributed by atoms with Gasteiger partial charge in [-0.05, 0) is 25.3 Å². The van der Waals surface area contributed by atoms with Crippen molar-refractivity contribution in [3.05, 3.63) is 42.0 Å². The van der Waals surface area contributed by atoms with Gasteiger partial charge in [0.05, 0.1) is 6.10 Å². The third-order valence-electron chi connectivity index (χ3n) is 1.86. The molecular formula is C12H16O. The second kappa shape index (κ2) is 5.55. The van der Waals surface area contributed by atoms with Crippen LogP contribution in [0.2, 0.25) is 0 Å². The van der Waals surface area contributed by atoms with Gasteiger partial charge in [-0.25, -0.2) is 0 Å². The Labute approximate surface area is 79.7 Å². The number of aliphatic hydroxyl groups is 1. The van der Waals surface area contributed by atoms with Crippen LogP contribution in [0.25, 0.3) is 6.08 Å². The molecule has 1 heteroatoms. The fraction of sp³-hybridized carbons (Fsp3) is 0.333. The number of hydrogen-bond donors (Lipinski definition) is 1. The largest absolute Gasteiger partial charge is 0.393 e. The van der Waals surface area contributed by atoms with Crippen LogP contribution >= 0.6 is 0 Å². The van der Waals surface area contributed by atoms with Crippen molar-refractivity contribution in [1.82, 2.24) is 0 Å². The summed E-state index contributed by atoms with van der Waals surface area (Å²) in [5.74, 6) is 0. The molecule has 0 aliphatic heterocycles. The summed E-state index contributed by atoms with van der Waals surface area (Å²) in [7, 11) is 0. The standard InChI is InChI=1S/C12H16O/c1-11(13)7-5-6-10-12-8-3-2-4-9-12/h2-4,6,8-11,13H,5,7H2,1H3/b10-6+/t11-/m1/s1. The van der Waals surface area contributed by atoms with E-state index in [2.05, 4.69) is 24.3 Å². The van der Waals surface area contributed by atoms with Crippen LogP contribution in [0, 0.1) is 0 Å². The smallest absolute Gasteiger partial charge is 0.0515 e. The van der Waals surface area contributed by atoms with Gasteiger partial charge in [0.25, 0.3) is 0 Å². The predicted molar refractivity (Wildman–Crippen MR) is 56.4 cm³/mol. The molecule has 0 aliphatic rings. The maximum atomic E-state index is 9.02. The van der Waals surface area contributed by atoms with Crippen molar-refractivity contribution in [3.63, 3.8) is 0 Å². The second-order valence-corrected chi connectivity index (χ2v) is 3.24. The molecule has 0 saturated carbocycles. The van der Waals surface area contributed by atoms with E-state index in [0.717, 1.165) is 12.8 Å². The lowest BCUT2D eigenvalue weighted by Crippen LogP contribution is -1.96.